The van der Waals surface area contributed by atoms with Gasteiger partial charge in [0.25, 0.3) is 0 Å². The molecule has 2 atom stereocenters. The summed E-state index contributed by atoms with van der Waals surface area (Å²) in [4.78, 5) is 16.4. The number of hydrogen-bond acceptors (Lipinski definition) is 4. The summed E-state index contributed by atoms with van der Waals surface area (Å²) in [6.45, 7) is 0.189. The fraction of sp³-hybridized carbons (Fsp3) is 0.562. The summed E-state index contributed by atoms with van der Waals surface area (Å²) in [5.41, 5.74) is 3.75. The molecule has 6 heteroatoms. The third-order valence-corrected chi connectivity index (χ3v) is 3.92. The lowest BCUT2D eigenvalue weighted by Crippen LogP contribution is -2.48. The third kappa shape index (κ3) is 5.63. The molecule has 1 aliphatic rings. The molecule has 0 bridgehead atoms. The van der Waals surface area contributed by atoms with Crippen molar-refractivity contribution in [2.45, 2.75) is 50.4 Å². The Labute approximate surface area is 130 Å². The summed E-state index contributed by atoms with van der Waals surface area (Å²) in [5, 5.41) is 21.5. The highest BCUT2D eigenvalue weighted by atomic mass is 16.7. The van der Waals surface area contributed by atoms with Gasteiger partial charge in [0, 0.05) is 6.54 Å². The first-order valence-corrected chi connectivity index (χ1v) is 7.75. The SMILES string of the molecule is O=C(O)NC(Cc1ccccc1)C(O)CNOC1CCCC1. The van der Waals surface area contributed by atoms with Crippen LogP contribution in [0.4, 0.5) is 4.79 Å². The van der Waals surface area contributed by atoms with Gasteiger partial charge in [-0.1, -0.05) is 43.2 Å². The summed E-state index contributed by atoms with van der Waals surface area (Å²) in [5.74, 6) is 0. The summed E-state index contributed by atoms with van der Waals surface area (Å²) >= 11 is 0. The van der Waals surface area contributed by atoms with E-state index in [0.717, 1.165) is 18.4 Å². The maximum absolute atomic E-state index is 10.9. The Hall–Kier alpha value is -1.63. The molecule has 22 heavy (non-hydrogen) atoms. The lowest BCUT2D eigenvalue weighted by molar-refractivity contribution is -0.0410. The number of benzene rings is 1. The van der Waals surface area contributed by atoms with Crippen LogP contribution in [0.25, 0.3) is 0 Å². The molecule has 0 radical (unpaired) electrons. The molecule has 6 nitrogen and oxygen atoms in total. The van der Waals surface area contributed by atoms with E-state index in [0.29, 0.717) is 6.42 Å². The Morgan fingerprint density at radius 1 is 1.27 bits per heavy atom. The number of carbonyl (C=O) groups is 1. The zero-order chi connectivity index (χ0) is 15.8. The zero-order valence-electron chi connectivity index (χ0n) is 12.6. The van der Waals surface area contributed by atoms with Crippen molar-refractivity contribution >= 4 is 6.09 Å². The molecule has 1 fully saturated rings. The lowest BCUT2D eigenvalue weighted by Gasteiger charge is -2.24. The van der Waals surface area contributed by atoms with Gasteiger partial charge in [0.2, 0.25) is 0 Å². The highest BCUT2D eigenvalue weighted by Crippen LogP contribution is 2.19. The molecule has 0 spiro atoms. The minimum Gasteiger partial charge on any atom is -0.465 e. The Morgan fingerprint density at radius 2 is 1.95 bits per heavy atom. The summed E-state index contributed by atoms with van der Waals surface area (Å²) in [7, 11) is 0. The van der Waals surface area contributed by atoms with Gasteiger partial charge in [0.05, 0.1) is 18.2 Å². The molecule has 2 rings (SSSR count). The molecule has 1 amide bonds. The van der Waals surface area contributed by atoms with E-state index >= 15 is 0 Å². The van der Waals surface area contributed by atoms with Gasteiger partial charge in [0.15, 0.2) is 0 Å². The molecule has 2 unspecified atom stereocenters. The molecule has 4 N–H and O–H groups in total. The summed E-state index contributed by atoms with van der Waals surface area (Å²) in [6, 6.07) is 8.91. The second kappa shape index (κ2) is 8.73. The largest absolute Gasteiger partial charge is 0.465 e. The molecule has 0 saturated heterocycles. The fourth-order valence-corrected chi connectivity index (χ4v) is 2.71. The zero-order valence-corrected chi connectivity index (χ0v) is 12.6. The van der Waals surface area contributed by atoms with E-state index in [2.05, 4.69) is 10.8 Å². The van der Waals surface area contributed by atoms with Crippen LogP contribution >= 0.6 is 0 Å². The first-order chi connectivity index (χ1) is 10.6. The van der Waals surface area contributed by atoms with Crippen LogP contribution in [0.3, 0.4) is 0 Å². The second-order valence-electron chi connectivity index (χ2n) is 5.69. The Balaban J connectivity index is 1.82. The van der Waals surface area contributed by atoms with Crippen molar-refractivity contribution in [3.63, 3.8) is 0 Å². The van der Waals surface area contributed by atoms with E-state index < -0.39 is 18.2 Å². The van der Waals surface area contributed by atoms with E-state index in [4.69, 9.17) is 9.94 Å². The Morgan fingerprint density at radius 3 is 2.59 bits per heavy atom. The quantitative estimate of drug-likeness (QED) is 0.549. The van der Waals surface area contributed by atoms with Crippen molar-refractivity contribution in [2.75, 3.05) is 6.54 Å². The van der Waals surface area contributed by atoms with Crippen LogP contribution < -0.4 is 10.8 Å². The molecule has 122 valence electrons. The molecular formula is C16H24N2O4. The Bertz CT molecular complexity index is 449. The average Bonchev–Trinajstić information content (AvgIpc) is 3.00. The second-order valence-corrected chi connectivity index (χ2v) is 5.69. The molecule has 0 aliphatic heterocycles. The van der Waals surface area contributed by atoms with Crippen LogP contribution in [0.2, 0.25) is 0 Å². The first kappa shape index (κ1) is 16.7. The molecular weight excluding hydrogens is 284 g/mol. The molecule has 0 aromatic heterocycles. The maximum Gasteiger partial charge on any atom is 0.404 e. The van der Waals surface area contributed by atoms with Gasteiger partial charge in [-0.3, -0.25) is 4.84 Å². The number of aliphatic hydroxyl groups excluding tert-OH is 1. The van der Waals surface area contributed by atoms with E-state index in [1.165, 1.54) is 12.8 Å². The maximum atomic E-state index is 10.9. The van der Waals surface area contributed by atoms with Crippen molar-refractivity contribution in [1.82, 2.24) is 10.8 Å². The predicted molar refractivity (Wildman–Crippen MR) is 82.4 cm³/mol. The first-order valence-electron chi connectivity index (χ1n) is 7.75. The number of hydrogen-bond donors (Lipinski definition) is 4. The van der Waals surface area contributed by atoms with Crippen LogP contribution in [0, 0.1) is 0 Å². The van der Waals surface area contributed by atoms with Crippen LogP contribution in [-0.4, -0.2) is 41.1 Å². The average molecular weight is 308 g/mol. The number of amides is 1. The number of carboxylic acid groups (broad SMARTS) is 1. The normalized spacial score (nSPS) is 18.0. The van der Waals surface area contributed by atoms with E-state index in [9.17, 15) is 9.90 Å². The van der Waals surface area contributed by atoms with Crippen molar-refractivity contribution in [3.8, 4) is 0 Å². The molecule has 1 aromatic rings. The van der Waals surface area contributed by atoms with Gasteiger partial charge in [-0.05, 0) is 24.8 Å². The minimum absolute atomic E-state index is 0.189. The van der Waals surface area contributed by atoms with Gasteiger partial charge in [0.1, 0.15) is 0 Å². The standard InChI is InChI=1S/C16H24N2O4/c19-15(11-17-22-13-8-4-5-9-13)14(18-16(20)21)10-12-6-2-1-3-7-12/h1-3,6-7,13-15,17-19H,4-5,8-11H2,(H,20,21). The van der Waals surface area contributed by atoms with Crippen LogP contribution in [0.5, 0.6) is 0 Å². The van der Waals surface area contributed by atoms with E-state index in [-0.39, 0.29) is 12.6 Å². The molecule has 0 heterocycles. The fourth-order valence-electron chi connectivity index (χ4n) is 2.71. The van der Waals surface area contributed by atoms with Gasteiger partial charge in [-0.25, -0.2) is 4.79 Å². The Kier molecular flexibility index (Phi) is 6.64. The van der Waals surface area contributed by atoms with Crippen LogP contribution in [0.15, 0.2) is 30.3 Å². The molecule has 1 aromatic carbocycles. The van der Waals surface area contributed by atoms with E-state index in [1.807, 2.05) is 30.3 Å². The minimum atomic E-state index is -1.14. The number of hydroxylamine groups is 1. The van der Waals surface area contributed by atoms with Crippen LogP contribution in [0.1, 0.15) is 31.2 Å². The van der Waals surface area contributed by atoms with Gasteiger partial charge < -0.3 is 15.5 Å². The van der Waals surface area contributed by atoms with Crippen molar-refractivity contribution < 1.29 is 19.8 Å². The van der Waals surface area contributed by atoms with Crippen molar-refractivity contribution in [2.24, 2.45) is 0 Å². The monoisotopic (exact) mass is 308 g/mol. The summed E-state index contributed by atoms with van der Waals surface area (Å²) in [6.07, 6.45) is 3.03. The van der Waals surface area contributed by atoms with Crippen LogP contribution in [-0.2, 0) is 11.3 Å². The third-order valence-electron chi connectivity index (χ3n) is 3.92. The van der Waals surface area contributed by atoms with Crippen molar-refractivity contribution in [3.05, 3.63) is 35.9 Å². The topological polar surface area (TPSA) is 90.8 Å². The highest BCUT2D eigenvalue weighted by molar-refractivity contribution is 5.65. The van der Waals surface area contributed by atoms with Gasteiger partial charge in [-0.2, -0.15) is 5.48 Å². The number of aliphatic hydroxyl groups is 1. The van der Waals surface area contributed by atoms with E-state index in [1.54, 1.807) is 0 Å². The molecule has 1 aliphatic carbocycles. The summed E-state index contributed by atoms with van der Waals surface area (Å²) < 4.78 is 0. The van der Waals surface area contributed by atoms with Gasteiger partial charge in [-0.15, -0.1) is 0 Å². The molecule has 1 saturated carbocycles. The van der Waals surface area contributed by atoms with Crippen molar-refractivity contribution in [1.29, 1.82) is 0 Å². The highest BCUT2D eigenvalue weighted by Gasteiger charge is 2.22. The van der Waals surface area contributed by atoms with Gasteiger partial charge >= 0.3 is 6.09 Å². The smallest absolute Gasteiger partial charge is 0.404 e. The number of rotatable bonds is 8. The lowest BCUT2D eigenvalue weighted by atomic mass is 10.0. The predicted octanol–water partition coefficient (Wildman–Crippen LogP) is 1.69. The number of nitrogens with one attached hydrogen (secondary N) is 2.